The molecule has 3 rings (SSSR count). The van der Waals surface area contributed by atoms with Crippen molar-refractivity contribution in [3.8, 4) is 5.75 Å². The van der Waals surface area contributed by atoms with Crippen LogP contribution in [0.3, 0.4) is 0 Å². The zero-order chi connectivity index (χ0) is 20.8. The number of thioether (sulfide) groups is 1. The van der Waals surface area contributed by atoms with Crippen LogP contribution in [0.4, 0.5) is 5.69 Å². The first-order valence-electron chi connectivity index (χ1n) is 9.27. The number of carbonyl (C=O) groups is 2. The van der Waals surface area contributed by atoms with E-state index in [0.29, 0.717) is 34.5 Å². The van der Waals surface area contributed by atoms with Gasteiger partial charge < -0.3 is 9.47 Å². The summed E-state index contributed by atoms with van der Waals surface area (Å²) in [6.45, 7) is 4.98. The van der Waals surface area contributed by atoms with E-state index in [0.717, 1.165) is 11.3 Å². The van der Waals surface area contributed by atoms with Crippen molar-refractivity contribution >= 4 is 40.6 Å². The van der Waals surface area contributed by atoms with E-state index in [1.165, 1.54) is 18.9 Å². The lowest BCUT2D eigenvalue weighted by Crippen LogP contribution is -2.28. The van der Waals surface area contributed by atoms with Gasteiger partial charge in [-0.15, -0.1) is 0 Å². The number of amides is 1. The molecule has 2 aromatic carbocycles. The lowest BCUT2D eigenvalue weighted by atomic mass is 10.2. The van der Waals surface area contributed by atoms with Crippen LogP contribution in [0.25, 0.3) is 6.08 Å². The Balaban J connectivity index is 1.82. The van der Waals surface area contributed by atoms with E-state index in [4.69, 9.17) is 9.47 Å². The van der Waals surface area contributed by atoms with Crippen molar-refractivity contribution < 1.29 is 19.1 Å². The molecule has 0 N–H and O–H groups in total. The van der Waals surface area contributed by atoms with Crippen molar-refractivity contribution in [3.05, 3.63) is 64.6 Å². The molecule has 0 atom stereocenters. The highest BCUT2D eigenvalue weighted by Crippen LogP contribution is 2.34. The molecule has 150 valence electrons. The number of amidine groups is 1. The molecule has 2 aromatic rings. The fraction of sp³-hybridized carbons (Fsp3) is 0.227. The number of aliphatic imine (C=N–C) groups is 1. The first-order valence-corrected chi connectivity index (χ1v) is 10.1. The first kappa shape index (κ1) is 20.7. The second-order valence-electron chi connectivity index (χ2n) is 6.09. The molecular weight excluding hydrogens is 388 g/mol. The van der Waals surface area contributed by atoms with Crippen molar-refractivity contribution in [1.29, 1.82) is 0 Å². The van der Waals surface area contributed by atoms with Gasteiger partial charge >= 0.3 is 5.97 Å². The van der Waals surface area contributed by atoms with Gasteiger partial charge in [-0.25, -0.2) is 9.79 Å². The van der Waals surface area contributed by atoms with Crippen molar-refractivity contribution in [1.82, 2.24) is 4.90 Å². The van der Waals surface area contributed by atoms with Crippen molar-refractivity contribution in [3.63, 3.8) is 0 Å². The number of ether oxygens (including phenoxy) is 2. The molecule has 0 radical (unpaired) electrons. The Morgan fingerprint density at radius 3 is 2.38 bits per heavy atom. The minimum atomic E-state index is -0.398. The largest absolute Gasteiger partial charge is 0.494 e. The number of esters is 1. The summed E-state index contributed by atoms with van der Waals surface area (Å²) in [7, 11) is 1.34. The maximum absolute atomic E-state index is 12.8. The Morgan fingerprint density at radius 1 is 1.10 bits per heavy atom. The average Bonchev–Trinajstić information content (AvgIpc) is 3.03. The summed E-state index contributed by atoms with van der Waals surface area (Å²) in [5.41, 5.74) is 2.03. The van der Waals surface area contributed by atoms with Gasteiger partial charge in [0.1, 0.15) is 5.75 Å². The molecule has 1 heterocycles. The smallest absolute Gasteiger partial charge is 0.337 e. The van der Waals surface area contributed by atoms with Crippen LogP contribution in [0.1, 0.15) is 29.8 Å². The Hall–Kier alpha value is -3.06. The maximum atomic E-state index is 12.8. The first-order chi connectivity index (χ1) is 14.0. The summed E-state index contributed by atoms with van der Waals surface area (Å²) in [5.74, 6) is 0.328. The maximum Gasteiger partial charge on any atom is 0.337 e. The molecule has 0 spiro atoms. The van der Waals surface area contributed by atoms with Gasteiger partial charge in [-0.2, -0.15) is 0 Å². The van der Waals surface area contributed by atoms with E-state index in [1.54, 1.807) is 29.2 Å². The lowest BCUT2D eigenvalue weighted by Gasteiger charge is -2.12. The molecule has 29 heavy (non-hydrogen) atoms. The third kappa shape index (κ3) is 4.86. The molecule has 1 saturated heterocycles. The number of carbonyl (C=O) groups excluding carboxylic acids is 2. The van der Waals surface area contributed by atoms with Gasteiger partial charge in [0.15, 0.2) is 5.17 Å². The molecule has 6 nitrogen and oxygen atoms in total. The number of likely N-dealkylation sites (N-methyl/N-ethyl adjacent to an activating group) is 1. The van der Waals surface area contributed by atoms with Crippen LogP contribution in [0, 0.1) is 0 Å². The molecule has 0 saturated carbocycles. The number of hydrogen-bond donors (Lipinski definition) is 0. The Kier molecular flexibility index (Phi) is 6.72. The van der Waals surface area contributed by atoms with E-state index in [2.05, 4.69) is 4.99 Å². The molecule has 1 amide bonds. The summed E-state index contributed by atoms with van der Waals surface area (Å²) < 4.78 is 10.2. The normalized spacial score (nSPS) is 16.5. The molecule has 1 aliphatic rings. The van der Waals surface area contributed by atoms with Crippen molar-refractivity contribution in [2.75, 3.05) is 20.3 Å². The van der Waals surface area contributed by atoms with Gasteiger partial charge in [0.05, 0.1) is 29.9 Å². The summed E-state index contributed by atoms with van der Waals surface area (Å²) in [4.78, 5) is 31.2. The zero-order valence-corrected chi connectivity index (χ0v) is 17.4. The Labute approximate surface area is 174 Å². The van der Waals surface area contributed by atoms with E-state index >= 15 is 0 Å². The van der Waals surface area contributed by atoms with E-state index < -0.39 is 5.97 Å². The van der Waals surface area contributed by atoms with Crippen LogP contribution in [-0.4, -0.2) is 42.2 Å². The number of rotatable bonds is 6. The monoisotopic (exact) mass is 410 g/mol. The summed E-state index contributed by atoms with van der Waals surface area (Å²) >= 11 is 1.34. The van der Waals surface area contributed by atoms with Crippen molar-refractivity contribution in [2.45, 2.75) is 13.8 Å². The molecule has 0 unspecified atom stereocenters. The third-order valence-corrected chi connectivity index (χ3v) is 5.21. The topological polar surface area (TPSA) is 68.2 Å². The predicted octanol–water partition coefficient (Wildman–Crippen LogP) is 4.50. The minimum absolute atomic E-state index is 0.0729. The molecule has 7 heteroatoms. The van der Waals surface area contributed by atoms with Gasteiger partial charge in [0, 0.05) is 6.54 Å². The number of methoxy groups -OCH3 is 1. The van der Waals surface area contributed by atoms with E-state index in [1.807, 2.05) is 44.2 Å². The fourth-order valence-electron chi connectivity index (χ4n) is 2.75. The van der Waals surface area contributed by atoms with Gasteiger partial charge in [-0.1, -0.05) is 12.1 Å². The second-order valence-corrected chi connectivity index (χ2v) is 7.10. The Bertz CT molecular complexity index is 950. The van der Waals surface area contributed by atoms with Crippen LogP contribution in [0.15, 0.2) is 58.4 Å². The quantitative estimate of drug-likeness (QED) is 0.518. The highest BCUT2D eigenvalue weighted by Gasteiger charge is 2.32. The van der Waals surface area contributed by atoms with Crippen LogP contribution in [0.5, 0.6) is 5.75 Å². The van der Waals surface area contributed by atoms with E-state index in [9.17, 15) is 9.59 Å². The molecular formula is C22H22N2O4S. The minimum Gasteiger partial charge on any atom is -0.494 e. The van der Waals surface area contributed by atoms with Crippen LogP contribution in [-0.2, 0) is 9.53 Å². The molecule has 0 bridgehead atoms. The number of benzene rings is 2. The van der Waals surface area contributed by atoms with Crippen LogP contribution in [0.2, 0.25) is 0 Å². The van der Waals surface area contributed by atoms with E-state index in [-0.39, 0.29) is 5.91 Å². The fourth-order valence-corrected chi connectivity index (χ4v) is 3.81. The summed E-state index contributed by atoms with van der Waals surface area (Å²) in [5, 5.41) is 0.612. The van der Waals surface area contributed by atoms with Gasteiger partial charge in [0.2, 0.25) is 0 Å². The van der Waals surface area contributed by atoms with Crippen LogP contribution < -0.4 is 4.74 Å². The highest BCUT2D eigenvalue weighted by molar-refractivity contribution is 8.18. The lowest BCUT2D eigenvalue weighted by molar-refractivity contribution is -0.122. The molecule has 1 aliphatic heterocycles. The number of nitrogens with zero attached hydrogens (tertiary/aromatic N) is 2. The van der Waals surface area contributed by atoms with Crippen LogP contribution >= 0.6 is 11.8 Å². The molecule has 0 aromatic heterocycles. The summed E-state index contributed by atoms with van der Waals surface area (Å²) in [6, 6.07) is 14.4. The van der Waals surface area contributed by atoms with Gasteiger partial charge in [0.25, 0.3) is 5.91 Å². The third-order valence-electron chi connectivity index (χ3n) is 4.21. The van der Waals surface area contributed by atoms with Gasteiger partial charge in [-0.3, -0.25) is 9.69 Å². The number of hydrogen-bond acceptors (Lipinski definition) is 6. The standard InChI is InChI=1S/C22H22N2O4S/c1-4-24-20(25)19(14-15-6-12-18(13-7-15)28-5-2)29-22(24)23-17-10-8-16(9-11-17)21(26)27-3/h6-14H,4-5H2,1-3H3/b19-14+,23-22?. The highest BCUT2D eigenvalue weighted by atomic mass is 32.2. The molecule has 0 aliphatic carbocycles. The summed E-state index contributed by atoms with van der Waals surface area (Å²) in [6.07, 6.45) is 1.86. The van der Waals surface area contributed by atoms with Crippen molar-refractivity contribution in [2.24, 2.45) is 4.99 Å². The second kappa shape index (κ2) is 9.43. The average molecular weight is 410 g/mol. The Morgan fingerprint density at radius 2 is 1.79 bits per heavy atom. The zero-order valence-electron chi connectivity index (χ0n) is 16.5. The predicted molar refractivity (Wildman–Crippen MR) is 115 cm³/mol. The molecule has 1 fully saturated rings. The van der Waals surface area contributed by atoms with Gasteiger partial charge in [-0.05, 0) is 73.6 Å². The SMILES string of the molecule is CCOc1ccc(/C=C2/SC(=Nc3ccc(C(=O)OC)cc3)N(CC)C2=O)cc1.